The molecule has 0 aromatic heterocycles. The number of aliphatic hydroxyl groups excluding tert-OH is 11. The molecule has 4 saturated heterocycles. The number of carboxylic acid groups (broad SMARTS) is 1. The van der Waals surface area contributed by atoms with Crippen LogP contribution in [-0.2, 0) is 42.7 Å². The predicted octanol–water partition coefficient (Wildman–Crippen LogP) is -6.31. The average Bonchev–Trinajstić information content (AvgIpc) is 3.11. The van der Waals surface area contributed by atoms with Crippen molar-refractivity contribution in [3.05, 3.63) is 0 Å². The Bertz CT molecular complexity index is 1120. The molecule has 21 nitrogen and oxygen atoms in total. The summed E-state index contributed by atoms with van der Waals surface area (Å²) in [5.74, 6) is -6.55. The summed E-state index contributed by atoms with van der Waals surface area (Å²) in [6.07, 6.45) is -29.8. The van der Waals surface area contributed by atoms with Gasteiger partial charge in [-0.25, -0.2) is 4.79 Å². The predicted molar refractivity (Wildman–Crippen MR) is 161 cm³/mol. The Labute approximate surface area is 292 Å². The standard InChI is InChI=1S/C30H52O21/c1-9-12(34)5-30(29(42)43,50-22(9)17(37)13(35)6-31)51-25-18(38)14(7-32)46-28(21(25)41)49-24-15(8-33)47-26(44-4)10(2)23(24)48-27-20(40)19(39)16(36)11(3)45-27/h9-28,31-41H,5-8H2,1-4H3,(H,42,43)/t9-,10?,11?,12-,13-,14?,15?,16-,17-,18+,19+,20?,21?,22?,23-,24-,25+,26?,27+,28+,30+/m1/s1. The molecule has 4 aliphatic rings. The third-order valence-corrected chi connectivity index (χ3v) is 10.1. The first-order valence-electron chi connectivity index (χ1n) is 16.6. The first-order chi connectivity index (χ1) is 24.0. The Hall–Kier alpha value is -1.29. The molecule has 0 amide bonds. The van der Waals surface area contributed by atoms with Gasteiger partial charge in [-0.3, -0.25) is 0 Å². The molecule has 8 unspecified atom stereocenters. The molecule has 21 atom stereocenters. The molecule has 0 saturated carbocycles. The van der Waals surface area contributed by atoms with Crippen LogP contribution in [0.25, 0.3) is 0 Å². The van der Waals surface area contributed by atoms with Gasteiger partial charge >= 0.3 is 5.97 Å². The molecule has 0 spiro atoms. The van der Waals surface area contributed by atoms with Gasteiger partial charge in [-0.15, -0.1) is 0 Å². The lowest BCUT2D eigenvalue weighted by atomic mass is 9.84. The lowest BCUT2D eigenvalue weighted by Crippen LogP contribution is -2.68. The third kappa shape index (κ3) is 8.52. The second-order valence-corrected chi connectivity index (χ2v) is 13.5. The maximum Gasteiger partial charge on any atom is 0.364 e. The van der Waals surface area contributed by atoms with Crippen LogP contribution in [0.4, 0.5) is 0 Å². The SMILES string of the molecule is COC1OC(CO)[C@@H](O[C@@H]2OC(CO)[C@H](O)[C@H](O[C@]3(C(=O)O)C[C@@H](O)[C@@H](C)C([C@H](O)[C@H](O)CO)O3)C2O)[C@H](O[C@@H]2OC(C)[C@@H](O)[C@H](O)C2O)C1C. The van der Waals surface area contributed by atoms with Crippen LogP contribution in [0.5, 0.6) is 0 Å². The van der Waals surface area contributed by atoms with Crippen LogP contribution >= 0.6 is 0 Å². The smallest absolute Gasteiger partial charge is 0.364 e. The fourth-order valence-corrected chi connectivity index (χ4v) is 6.81. The number of aliphatic hydroxyl groups is 11. The number of methoxy groups -OCH3 is 1. The van der Waals surface area contributed by atoms with Crippen molar-refractivity contribution < 1.29 is 104 Å². The van der Waals surface area contributed by atoms with E-state index < -0.39 is 160 Å². The van der Waals surface area contributed by atoms with Crippen molar-refractivity contribution in [1.82, 2.24) is 0 Å². The molecular weight excluding hydrogens is 696 g/mol. The molecule has 4 rings (SSSR count). The maximum absolute atomic E-state index is 12.7. The van der Waals surface area contributed by atoms with E-state index in [0.717, 1.165) is 0 Å². The number of hydrogen-bond donors (Lipinski definition) is 12. The highest BCUT2D eigenvalue weighted by atomic mass is 16.8. The zero-order valence-electron chi connectivity index (χ0n) is 28.4. The minimum Gasteiger partial charge on any atom is -0.477 e. The van der Waals surface area contributed by atoms with Crippen molar-refractivity contribution in [2.24, 2.45) is 11.8 Å². The van der Waals surface area contributed by atoms with E-state index >= 15 is 0 Å². The topological polar surface area (TPSA) is 334 Å². The Balaban J connectivity index is 1.65. The van der Waals surface area contributed by atoms with Gasteiger partial charge in [-0.2, -0.15) is 0 Å². The molecular formula is C30H52O21. The first-order valence-corrected chi connectivity index (χ1v) is 16.6. The van der Waals surface area contributed by atoms with Crippen LogP contribution in [0.1, 0.15) is 27.2 Å². The van der Waals surface area contributed by atoms with Gasteiger partial charge in [0.05, 0.1) is 44.2 Å². The van der Waals surface area contributed by atoms with Crippen molar-refractivity contribution >= 4 is 5.97 Å². The fourth-order valence-electron chi connectivity index (χ4n) is 6.81. The number of aliphatic carboxylic acids is 1. The van der Waals surface area contributed by atoms with Crippen molar-refractivity contribution in [2.45, 2.75) is 143 Å². The van der Waals surface area contributed by atoms with Gasteiger partial charge < -0.3 is 99.2 Å². The van der Waals surface area contributed by atoms with E-state index in [4.69, 9.17) is 37.9 Å². The normalized spacial score (nSPS) is 49.3. The van der Waals surface area contributed by atoms with Crippen LogP contribution in [-0.4, -0.2) is 210 Å². The molecule has 0 radical (unpaired) electrons. The summed E-state index contributed by atoms with van der Waals surface area (Å²) in [5, 5.41) is 125. The van der Waals surface area contributed by atoms with Crippen molar-refractivity contribution in [1.29, 1.82) is 0 Å². The van der Waals surface area contributed by atoms with E-state index in [9.17, 15) is 66.1 Å². The van der Waals surface area contributed by atoms with E-state index in [0.29, 0.717) is 0 Å². The van der Waals surface area contributed by atoms with Gasteiger partial charge in [0.25, 0.3) is 5.79 Å². The molecule has 0 bridgehead atoms. The van der Waals surface area contributed by atoms with E-state index in [-0.39, 0.29) is 0 Å². The summed E-state index contributed by atoms with van der Waals surface area (Å²) in [6.45, 7) is 1.78. The van der Waals surface area contributed by atoms with Crippen molar-refractivity contribution in [3.63, 3.8) is 0 Å². The van der Waals surface area contributed by atoms with E-state index in [1.807, 2.05) is 0 Å². The second kappa shape index (κ2) is 17.5. The van der Waals surface area contributed by atoms with Gasteiger partial charge in [-0.05, 0) is 6.92 Å². The fraction of sp³-hybridized carbons (Fsp3) is 0.967. The molecule has 4 aliphatic heterocycles. The largest absolute Gasteiger partial charge is 0.477 e. The summed E-state index contributed by atoms with van der Waals surface area (Å²) in [7, 11) is 1.31. The van der Waals surface area contributed by atoms with E-state index in [1.54, 1.807) is 6.92 Å². The lowest BCUT2D eigenvalue weighted by Gasteiger charge is -2.51. The Morgan fingerprint density at radius 2 is 1.33 bits per heavy atom. The van der Waals surface area contributed by atoms with Gasteiger partial charge in [0.15, 0.2) is 18.9 Å². The monoisotopic (exact) mass is 748 g/mol. The van der Waals surface area contributed by atoms with Crippen LogP contribution in [0.15, 0.2) is 0 Å². The quantitative estimate of drug-likeness (QED) is 0.0833. The second-order valence-electron chi connectivity index (χ2n) is 13.5. The van der Waals surface area contributed by atoms with Crippen LogP contribution in [0.3, 0.4) is 0 Å². The van der Waals surface area contributed by atoms with E-state index in [2.05, 4.69) is 0 Å². The number of carboxylic acids is 1. The van der Waals surface area contributed by atoms with E-state index in [1.165, 1.54) is 21.0 Å². The third-order valence-electron chi connectivity index (χ3n) is 10.1. The number of hydrogen-bond acceptors (Lipinski definition) is 20. The Kier molecular flexibility index (Phi) is 14.5. The Morgan fingerprint density at radius 1 is 0.745 bits per heavy atom. The summed E-state index contributed by atoms with van der Waals surface area (Å²) >= 11 is 0. The van der Waals surface area contributed by atoms with Crippen LogP contribution in [0, 0.1) is 11.8 Å². The molecule has 51 heavy (non-hydrogen) atoms. The zero-order chi connectivity index (χ0) is 38.1. The zero-order valence-corrected chi connectivity index (χ0v) is 28.4. The summed E-state index contributed by atoms with van der Waals surface area (Å²) in [6, 6.07) is 0. The average molecular weight is 749 g/mol. The highest BCUT2D eigenvalue weighted by Gasteiger charge is 2.59. The van der Waals surface area contributed by atoms with Gasteiger partial charge in [-0.1, -0.05) is 13.8 Å². The number of ether oxygens (including phenoxy) is 8. The maximum atomic E-state index is 12.7. The molecule has 0 aromatic rings. The van der Waals surface area contributed by atoms with Gasteiger partial charge in [0, 0.05) is 25.4 Å². The first kappa shape index (κ1) is 42.5. The molecule has 298 valence electrons. The van der Waals surface area contributed by atoms with Crippen molar-refractivity contribution in [2.75, 3.05) is 26.9 Å². The van der Waals surface area contributed by atoms with Gasteiger partial charge in [0.1, 0.15) is 67.1 Å². The molecule has 0 aromatic carbocycles. The molecule has 12 N–H and O–H groups in total. The highest BCUT2D eigenvalue weighted by molar-refractivity contribution is 5.76. The molecule has 21 heteroatoms. The minimum absolute atomic E-state index is 0.743. The summed E-state index contributed by atoms with van der Waals surface area (Å²) < 4.78 is 45.9. The molecule has 4 fully saturated rings. The molecule has 0 aliphatic carbocycles. The van der Waals surface area contributed by atoms with Crippen LogP contribution in [0.2, 0.25) is 0 Å². The summed E-state index contributed by atoms with van der Waals surface area (Å²) in [4.78, 5) is 12.7. The van der Waals surface area contributed by atoms with Gasteiger partial charge in [0.2, 0.25) is 0 Å². The van der Waals surface area contributed by atoms with Crippen LogP contribution < -0.4 is 0 Å². The number of carbonyl (C=O) groups is 1. The minimum atomic E-state index is -2.88. The lowest BCUT2D eigenvalue weighted by molar-refractivity contribution is -0.394. The number of rotatable bonds is 13. The van der Waals surface area contributed by atoms with Crippen molar-refractivity contribution in [3.8, 4) is 0 Å². The molecule has 4 heterocycles. The Morgan fingerprint density at radius 3 is 1.90 bits per heavy atom. The highest BCUT2D eigenvalue weighted by Crippen LogP contribution is 2.41. The summed E-state index contributed by atoms with van der Waals surface area (Å²) in [5.41, 5.74) is 0.